The monoisotopic (exact) mass is 429 g/mol. The number of hydrogen-bond acceptors (Lipinski definition) is 3. The summed E-state index contributed by atoms with van der Waals surface area (Å²) in [7, 11) is 0. The first-order valence-electron chi connectivity index (χ1n) is 9.72. The van der Waals surface area contributed by atoms with Crippen molar-refractivity contribution in [2.75, 3.05) is 31.5 Å². The molecule has 0 radical (unpaired) electrons. The summed E-state index contributed by atoms with van der Waals surface area (Å²) in [5, 5.41) is 3.97. The Bertz CT molecular complexity index is 1110. The van der Waals surface area contributed by atoms with Crippen LogP contribution < -0.4 is 5.32 Å². The molecule has 3 amide bonds. The summed E-state index contributed by atoms with van der Waals surface area (Å²) in [6, 6.07) is 10.9. The van der Waals surface area contributed by atoms with Gasteiger partial charge in [-0.25, -0.2) is 9.18 Å². The average molecular weight is 430 g/mol. The van der Waals surface area contributed by atoms with E-state index in [1.165, 1.54) is 18.2 Å². The Labute approximate surface area is 178 Å². The summed E-state index contributed by atoms with van der Waals surface area (Å²) in [5.74, 6) is -0.407. The Morgan fingerprint density at radius 3 is 2.63 bits per heavy atom. The molecule has 0 bridgehead atoms. The number of halogens is 2. The van der Waals surface area contributed by atoms with Crippen molar-refractivity contribution in [3.8, 4) is 0 Å². The Kier molecular flexibility index (Phi) is 5.63. The van der Waals surface area contributed by atoms with Gasteiger partial charge < -0.3 is 19.5 Å². The second-order valence-corrected chi connectivity index (χ2v) is 7.71. The smallest absolute Gasteiger partial charge is 0.321 e. The van der Waals surface area contributed by atoms with Crippen LogP contribution >= 0.6 is 11.6 Å². The topological polar surface area (TPSA) is 65.8 Å². The van der Waals surface area contributed by atoms with E-state index in [0.717, 1.165) is 0 Å². The van der Waals surface area contributed by atoms with E-state index in [2.05, 4.69) is 5.32 Å². The maximum atomic E-state index is 13.5. The standard InChI is InChI=1S/C22H21ClFN3O3/c1-14-18-13-16(24)6-7-19(18)30-20(14)21(28)26-8-3-9-27(11-10-26)22(29)25-17-5-2-4-15(23)12-17/h2,4-7,12-13H,3,8-11H2,1H3,(H,25,29). The van der Waals surface area contributed by atoms with E-state index >= 15 is 0 Å². The fourth-order valence-corrected chi connectivity index (χ4v) is 3.82. The highest BCUT2D eigenvalue weighted by Crippen LogP contribution is 2.27. The van der Waals surface area contributed by atoms with Gasteiger partial charge in [-0.05, 0) is 49.7 Å². The lowest BCUT2D eigenvalue weighted by Gasteiger charge is -2.22. The molecule has 156 valence electrons. The van der Waals surface area contributed by atoms with Crippen molar-refractivity contribution in [2.45, 2.75) is 13.3 Å². The van der Waals surface area contributed by atoms with Gasteiger partial charge in [-0.2, -0.15) is 0 Å². The zero-order valence-corrected chi connectivity index (χ0v) is 17.2. The molecule has 1 aliphatic heterocycles. The summed E-state index contributed by atoms with van der Waals surface area (Å²) >= 11 is 5.96. The number of hydrogen-bond donors (Lipinski definition) is 1. The molecule has 0 saturated carbocycles. The van der Waals surface area contributed by atoms with Gasteiger partial charge in [0.15, 0.2) is 5.76 Å². The fraction of sp³-hybridized carbons (Fsp3) is 0.273. The molecular weight excluding hydrogens is 409 g/mol. The van der Waals surface area contributed by atoms with Crippen molar-refractivity contribution in [1.29, 1.82) is 0 Å². The quantitative estimate of drug-likeness (QED) is 0.629. The first-order chi connectivity index (χ1) is 14.4. The van der Waals surface area contributed by atoms with Gasteiger partial charge in [0.05, 0.1) is 0 Å². The molecule has 2 aromatic carbocycles. The third-order valence-electron chi connectivity index (χ3n) is 5.24. The van der Waals surface area contributed by atoms with Gasteiger partial charge in [-0.1, -0.05) is 17.7 Å². The lowest BCUT2D eigenvalue weighted by atomic mass is 10.1. The highest BCUT2D eigenvalue weighted by molar-refractivity contribution is 6.30. The molecule has 0 spiro atoms. The second-order valence-electron chi connectivity index (χ2n) is 7.27. The number of benzene rings is 2. The van der Waals surface area contributed by atoms with E-state index in [1.807, 2.05) is 0 Å². The van der Waals surface area contributed by atoms with E-state index in [-0.39, 0.29) is 23.5 Å². The SMILES string of the molecule is Cc1c(C(=O)N2CCCN(C(=O)Nc3cccc(Cl)c3)CC2)oc2ccc(F)cc12. The minimum Gasteiger partial charge on any atom is -0.451 e. The Morgan fingerprint density at radius 1 is 1.07 bits per heavy atom. The summed E-state index contributed by atoms with van der Waals surface area (Å²) in [4.78, 5) is 29.0. The number of urea groups is 1. The number of carbonyl (C=O) groups excluding carboxylic acids is 2. The van der Waals surface area contributed by atoms with Gasteiger partial charge in [-0.15, -0.1) is 0 Å². The molecule has 3 aromatic rings. The molecule has 1 aromatic heterocycles. The molecule has 4 rings (SSSR count). The van der Waals surface area contributed by atoms with Crippen molar-refractivity contribution in [3.63, 3.8) is 0 Å². The van der Waals surface area contributed by atoms with Crippen LogP contribution in [0.5, 0.6) is 0 Å². The Hall–Kier alpha value is -3.06. The average Bonchev–Trinajstić information content (AvgIpc) is 2.90. The molecule has 1 fully saturated rings. The number of amides is 3. The van der Waals surface area contributed by atoms with Crippen molar-refractivity contribution < 1.29 is 18.4 Å². The predicted octanol–water partition coefficient (Wildman–Crippen LogP) is 4.91. The number of rotatable bonds is 2. The molecular formula is C22H21ClFN3O3. The number of anilines is 1. The second kappa shape index (κ2) is 8.36. The minimum atomic E-state index is -0.374. The van der Waals surface area contributed by atoms with Crippen LogP contribution in [0.1, 0.15) is 22.5 Å². The van der Waals surface area contributed by atoms with E-state index < -0.39 is 0 Å². The van der Waals surface area contributed by atoms with E-state index in [0.29, 0.717) is 59.8 Å². The molecule has 8 heteroatoms. The minimum absolute atomic E-state index is 0.215. The molecule has 0 aliphatic carbocycles. The molecule has 0 unspecified atom stereocenters. The van der Waals surface area contributed by atoms with Gasteiger partial charge in [0.25, 0.3) is 5.91 Å². The van der Waals surface area contributed by atoms with E-state index in [9.17, 15) is 14.0 Å². The molecule has 1 aliphatic rings. The summed E-state index contributed by atoms with van der Waals surface area (Å²) in [6.45, 7) is 3.56. The third-order valence-corrected chi connectivity index (χ3v) is 5.47. The zero-order chi connectivity index (χ0) is 21.3. The van der Waals surface area contributed by atoms with Crippen LogP contribution in [0.2, 0.25) is 5.02 Å². The molecule has 30 heavy (non-hydrogen) atoms. The first-order valence-corrected chi connectivity index (χ1v) is 10.1. The van der Waals surface area contributed by atoms with Crippen LogP contribution in [0.3, 0.4) is 0 Å². The van der Waals surface area contributed by atoms with Gasteiger partial charge in [-0.3, -0.25) is 4.79 Å². The molecule has 1 saturated heterocycles. The largest absolute Gasteiger partial charge is 0.451 e. The van der Waals surface area contributed by atoms with E-state index in [4.69, 9.17) is 16.0 Å². The Balaban J connectivity index is 1.44. The lowest BCUT2D eigenvalue weighted by Crippen LogP contribution is -2.39. The number of carbonyl (C=O) groups is 2. The van der Waals surface area contributed by atoms with Gasteiger partial charge in [0.1, 0.15) is 11.4 Å². The summed E-state index contributed by atoms with van der Waals surface area (Å²) < 4.78 is 19.3. The number of fused-ring (bicyclic) bond motifs is 1. The summed E-state index contributed by atoms with van der Waals surface area (Å²) in [6.07, 6.45) is 0.641. The third kappa shape index (κ3) is 4.11. The highest BCUT2D eigenvalue weighted by Gasteiger charge is 2.27. The van der Waals surface area contributed by atoms with Crippen LogP contribution in [0.4, 0.5) is 14.9 Å². The van der Waals surface area contributed by atoms with Gasteiger partial charge in [0.2, 0.25) is 0 Å². The van der Waals surface area contributed by atoms with Crippen molar-refractivity contribution in [2.24, 2.45) is 0 Å². The number of nitrogens with one attached hydrogen (secondary N) is 1. The molecule has 6 nitrogen and oxygen atoms in total. The Morgan fingerprint density at radius 2 is 1.83 bits per heavy atom. The maximum absolute atomic E-state index is 13.5. The number of nitrogens with zero attached hydrogens (tertiary/aromatic N) is 2. The van der Waals surface area contributed by atoms with Crippen LogP contribution in [0.25, 0.3) is 11.0 Å². The molecule has 2 heterocycles. The van der Waals surface area contributed by atoms with Gasteiger partial charge >= 0.3 is 6.03 Å². The molecule has 0 atom stereocenters. The predicted molar refractivity (Wildman–Crippen MR) is 113 cm³/mol. The zero-order valence-electron chi connectivity index (χ0n) is 16.5. The van der Waals surface area contributed by atoms with Crippen molar-refractivity contribution >= 4 is 40.2 Å². The van der Waals surface area contributed by atoms with E-state index in [1.54, 1.807) is 41.0 Å². The normalized spacial score (nSPS) is 14.6. The van der Waals surface area contributed by atoms with Crippen LogP contribution in [-0.4, -0.2) is 47.9 Å². The van der Waals surface area contributed by atoms with Crippen LogP contribution in [0.15, 0.2) is 46.9 Å². The fourth-order valence-electron chi connectivity index (χ4n) is 3.63. The van der Waals surface area contributed by atoms with Gasteiger partial charge in [0, 0.05) is 47.8 Å². The first kappa shape index (κ1) is 20.2. The number of aryl methyl sites for hydroxylation is 1. The van der Waals surface area contributed by atoms with Crippen molar-refractivity contribution in [3.05, 3.63) is 64.6 Å². The molecule has 1 N–H and O–H groups in total. The van der Waals surface area contributed by atoms with Crippen molar-refractivity contribution in [1.82, 2.24) is 9.80 Å². The van der Waals surface area contributed by atoms with Crippen LogP contribution in [-0.2, 0) is 0 Å². The highest BCUT2D eigenvalue weighted by atomic mass is 35.5. The summed E-state index contributed by atoms with van der Waals surface area (Å²) in [5.41, 5.74) is 1.72. The lowest BCUT2D eigenvalue weighted by molar-refractivity contribution is 0.0732. The maximum Gasteiger partial charge on any atom is 0.321 e. The number of furan rings is 1. The van der Waals surface area contributed by atoms with Crippen LogP contribution in [0, 0.1) is 12.7 Å².